The standard InChI is InChI=1S/C20H33O/c1-2-3-4-5-6-7-8-9-10-11-12-13-14-15-16-17-18-19-20-21/h2-16H2,1H3. The molecule has 0 saturated heterocycles. The molecule has 0 saturated carbocycles. The van der Waals surface area contributed by atoms with Crippen LogP contribution in [0.4, 0.5) is 0 Å². The van der Waals surface area contributed by atoms with Crippen LogP contribution in [0.15, 0.2) is 0 Å². The van der Waals surface area contributed by atoms with E-state index in [1.165, 1.54) is 83.5 Å². The lowest BCUT2D eigenvalue weighted by molar-refractivity contribution is 0.392. The second-order valence-electron chi connectivity index (χ2n) is 5.88. The van der Waals surface area contributed by atoms with Crippen molar-refractivity contribution in [2.24, 2.45) is 0 Å². The zero-order valence-corrected chi connectivity index (χ0v) is 14.0. The lowest BCUT2D eigenvalue weighted by Crippen LogP contribution is -1.83. The van der Waals surface area contributed by atoms with Gasteiger partial charge in [0, 0.05) is 12.3 Å². The second-order valence-corrected chi connectivity index (χ2v) is 5.88. The molecule has 1 radical (unpaired) electrons. The van der Waals surface area contributed by atoms with Crippen molar-refractivity contribution in [1.29, 1.82) is 0 Å². The normalized spacial score (nSPS) is 9.57. The van der Waals surface area contributed by atoms with E-state index in [9.17, 15) is 5.11 Å². The van der Waals surface area contributed by atoms with E-state index >= 15 is 0 Å². The summed E-state index contributed by atoms with van der Waals surface area (Å²) in [5.74, 6) is 7.70. The molecular formula is C20H33O. The fraction of sp³-hybridized carbons (Fsp3) is 0.800. The molecule has 0 aromatic carbocycles. The third-order valence-corrected chi connectivity index (χ3v) is 3.86. The van der Waals surface area contributed by atoms with Crippen molar-refractivity contribution in [2.75, 3.05) is 0 Å². The third kappa shape index (κ3) is 18.9. The Morgan fingerprint density at radius 1 is 0.571 bits per heavy atom. The Morgan fingerprint density at radius 2 is 1.00 bits per heavy atom. The van der Waals surface area contributed by atoms with E-state index in [1.807, 2.05) is 0 Å². The zero-order chi connectivity index (χ0) is 15.4. The highest BCUT2D eigenvalue weighted by Gasteiger charge is 1.93. The molecule has 0 fully saturated rings. The van der Waals surface area contributed by atoms with Crippen molar-refractivity contribution in [3.8, 4) is 23.9 Å². The molecule has 1 nitrogen and oxygen atoms in total. The van der Waals surface area contributed by atoms with Crippen molar-refractivity contribution < 1.29 is 5.11 Å². The Bertz CT molecular complexity index is 310. The maximum absolute atomic E-state index is 9.83. The predicted molar refractivity (Wildman–Crippen MR) is 91.2 cm³/mol. The quantitative estimate of drug-likeness (QED) is 0.266. The highest BCUT2D eigenvalue weighted by Crippen LogP contribution is 2.13. The largest absolute Gasteiger partial charge is 0.223 e. The van der Waals surface area contributed by atoms with E-state index in [4.69, 9.17) is 0 Å². The lowest BCUT2D eigenvalue weighted by Gasteiger charge is -2.02. The van der Waals surface area contributed by atoms with Gasteiger partial charge in [0.15, 0.2) is 6.11 Å². The summed E-state index contributed by atoms with van der Waals surface area (Å²) in [7, 11) is 0. The van der Waals surface area contributed by atoms with Gasteiger partial charge in [0.25, 0.3) is 0 Å². The summed E-state index contributed by atoms with van der Waals surface area (Å²) in [6, 6.07) is 0. The molecule has 0 rings (SSSR count). The summed E-state index contributed by atoms with van der Waals surface area (Å²) in [6.45, 7) is 2.27. The van der Waals surface area contributed by atoms with Crippen LogP contribution in [-0.4, -0.2) is 0 Å². The molecule has 0 aliphatic carbocycles. The minimum absolute atomic E-state index is 0.882. The number of hydrogen-bond acceptors (Lipinski definition) is 0. The summed E-state index contributed by atoms with van der Waals surface area (Å²) in [5.41, 5.74) is 0. The Balaban J connectivity index is 3.02. The molecule has 0 aliphatic heterocycles. The average Bonchev–Trinajstić information content (AvgIpc) is 2.50. The molecule has 0 atom stereocenters. The van der Waals surface area contributed by atoms with E-state index in [0.717, 1.165) is 12.8 Å². The Morgan fingerprint density at radius 3 is 1.43 bits per heavy atom. The molecule has 0 spiro atoms. The fourth-order valence-electron chi connectivity index (χ4n) is 2.54. The molecule has 21 heavy (non-hydrogen) atoms. The van der Waals surface area contributed by atoms with Gasteiger partial charge in [0.2, 0.25) is 0 Å². The van der Waals surface area contributed by atoms with Crippen LogP contribution in [0.3, 0.4) is 0 Å². The zero-order valence-electron chi connectivity index (χ0n) is 14.0. The first-order chi connectivity index (χ1) is 10.4. The smallest absolute Gasteiger partial charge is 0.186 e. The van der Waals surface area contributed by atoms with Gasteiger partial charge in [-0.3, -0.25) is 0 Å². The van der Waals surface area contributed by atoms with Crippen LogP contribution in [0, 0.1) is 23.9 Å². The van der Waals surface area contributed by atoms with E-state index in [-0.39, 0.29) is 0 Å². The molecule has 0 amide bonds. The van der Waals surface area contributed by atoms with Gasteiger partial charge >= 0.3 is 0 Å². The van der Waals surface area contributed by atoms with E-state index in [2.05, 4.69) is 24.7 Å². The Hall–Kier alpha value is -1.08. The van der Waals surface area contributed by atoms with E-state index < -0.39 is 0 Å². The van der Waals surface area contributed by atoms with Crippen LogP contribution in [0.5, 0.6) is 0 Å². The molecule has 0 aromatic rings. The van der Waals surface area contributed by atoms with Crippen LogP contribution in [0.25, 0.3) is 0 Å². The predicted octanol–water partition coefficient (Wildman–Crippen LogP) is 6.25. The average molecular weight is 289 g/mol. The van der Waals surface area contributed by atoms with Crippen molar-refractivity contribution in [3.63, 3.8) is 0 Å². The molecular weight excluding hydrogens is 256 g/mol. The first-order valence-corrected chi connectivity index (χ1v) is 9.01. The van der Waals surface area contributed by atoms with E-state index in [1.54, 1.807) is 6.11 Å². The molecule has 119 valence electrons. The SMILES string of the molecule is CCCCCCCCCCCCCCCCC#CC#C[O]. The summed E-state index contributed by atoms with van der Waals surface area (Å²) in [4.78, 5) is 0. The number of rotatable bonds is 14. The maximum Gasteiger partial charge on any atom is 0.186 e. The minimum atomic E-state index is 0.882. The van der Waals surface area contributed by atoms with Gasteiger partial charge in [-0.2, -0.15) is 0 Å². The van der Waals surface area contributed by atoms with Crippen LogP contribution in [-0.2, 0) is 5.11 Å². The van der Waals surface area contributed by atoms with Crippen LogP contribution in [0.2, 0.25) is 0 Å². The molecule has 0 bridgehead atoms. The first kappa shape index (κ1) is 19.9. The highest BCUT2D eigenvalue weighted by molar-refractivity contribution is 5.23. The van der Waals surface area contributed by atoms with E-state index in [0.29, 0.717) is 0 Å². The van der Waals surface area contributed by atoms with Gasteiger partial charge in [-0.05, 0) is 12.3 Å². The molecule has 0 unspecified atom stereocenters. The van der Waals surface area contributed by atoms with Crippen molar-refractivity contribution in [2.45, 2.75) is 103 Å². The number of unbranched alkanes of at least 4 members (excludes halogenated alkanes) is 14. The maximum atomic E-state index is 9.83. The summed E-state index contributed by atoms with van der Waals surface area (Å²) < 4.78 is 0. The third-order valence-electron chi connectivity index (χ3n) is 3.86. The van der Waals surface area contributed by atoms with Gasteiger partial charge in [0.1, 0.15) is 0 Å². The lowest BCUT2D eigenvalue weighted by atomic mass is 10.0. The second kappa shape index (κ2) is 18.9. The molecule has 0 N–H and O–H groups in total. The summed E-state index contributed by atoms with van der Waals surface area (Å²) in [6.07, 6.45) is 21.7. The Kier molecular flexibility index (Phi) is 17.9. The van der Waals surface area contributed by atoms with Crippen LogP contribution in [0.1, 0.15) is 103 Å². The van der Waals surface area contributed by atoms with Gasteiger partial charge in [0.05, 0.1) is 0 Å². The first-order valence-electron chi connectivity index (χ1n) is 9.01. The van der Waals surface area contributed by atoms with Crippen LogP contribution >= 0.6 is 0 Å². The molecule has 0 heterocycles. The topological polar surface area (TPSA) is 19.9 Å². The summed E-state index contributed by atoms with van der Waals surface area (Å²) in [5, 5.41) is 9.83. The van der Waals surface area contributed by atoms with Crippen molar-refractivity contribution in [3.05, 3.63) is 0 Å². The molecule has 0 aliphatic rings. The number of hydrogen-bond donors (Lipinski definition) is 0. The van der Waals surface area contributed by atoms with Gasteiger partial charge in [-0.15, -0.1) is 0 Å². The minimum Gasteiger partial charge on any atom is -0.223 e. The van der Waals surface area contributed by atoms with Gasteiger partial charge < -0.3 is 0 Å². The molecule has 1 heteroatoms. The fourth-order valence-corrected chi connectivity index (χ4v) is 2.54. The molecule has 0 aromatic heterocycles. The highest BCUT2D eigenvalue weighted by atomic mass is 16.2. The van der Waals surface area contributed by atoms with Crippen LogP contribution < -0.4 is 0 Å². The summed E-state index contributed by atoms with van der Waals surface area (Å²) >= 11 is 0. The van der Waals surface area contributed by atoms with Gasteiger partial charge in [-0.25, -0.2) is 5.11 Å². The van der Waals surface area contributed by atoms with Crippen molar-refractivity contribution >= 4 is 0 Å². The Labute approximate surface area is 132 Å². The monoisotopic (exact) mass is 289 g/mol. The van der Waals surface area contributed by atoms with Crippen molar-refractivity contribution in [1.82, 2.24) is 0 Å². The van der Waals surface area contributed by atoms with Gasteiger partial charge in [-0.1, -0.05) is 96.3 Å².